The molecule has 0 amide bonds. The fourth-order valence-electron chi connectivity index (χ4n) is 0.506. The Labute approximate surface area is 54.4 Å². The Morgan fingerprint density at radius 2 is 2.33 bits per heavy atom. The molecule has 4 N–H and O–H groups in total. The van der Waals surface area contributed by atoms with E-state index in [4.69, 9.17) is 11.1 Å². The minimum absolute atomic E-state index is 0.488. The Morgan fingerprint density at radius 1 is 1.67 bits per heavy atom. The first-order valence-corrected chi connectivity index (χ1v) is 3.05. The number of hydrogen-bond donors (Lipinski definition) is 3. The molecule has 0 aliphatic heterocycles. The van der Waals surface area contributed by atoms with Crippen LogP contribution in [0.15, 0.2) is 11.9 Å². The Kier molecular flexibility index (Phi) is 1.72. The second-order valence-electron chi connectivity index (χ2n) is 2.23. The summed E-state index contributed by atoms with van der Waals surface area (Å²) in [7, 11) is 0. The summed E-state index contributed by atoms with van der Waals surface area (Å²) in [5, 5.41) is 9.78. The molecule has 0 saturated heterocycles. The van der Waals surface area contributed by atoms with E-state index in [0.717, 1.165) is 6.21 Å². The molecule has 1 saturated carbocycles. The van der Waals surface area contributed by atoms with Crippen molar-refractivity contribution in [1.82, 2.24) is 5.32 Å². The summed E-state index contributed by atoms with van der Waals surface area (Å²) in [4.78, 5) is 0. The van der Waals surface area contributed by atoms with Gasteiger partial charge >= 0.3 is 0 Å². The van der Waals surface area contributed by atoms with Crippen molar-refractivity contribution in [1.29, 1.82) is 5.41 Å². The molecule has 1 rings (SSSR count). The van der Waals surface area contributed by atoms with Gasteiger partial charge in [0.05, 0.1) is 5.70 Å². The van der Waals surface area contributed by atoms with E-state index >= 15 is 0 Å². The standard InChI is InChI=1S/C6H11N3/c7-3-5(8)4-9-6-1-2-6/h3-4,6-7,9H,1-2,8H2/b5-4+,7-3?. The van der Waals surface area contributed by atoms with Crippen molar-refractivity contribution in [2.45, 2.75) is 18.9 Å². The maximum atomic E-state index is 6.72. The van der Waals surface area contributed by atoms with E-state index in [2.05, 4.69) is 5.32 Å². The minimum atomic E-state index is 0.488. The molecule has 0 bridgehead atoms. The van der Waals surface area contributed by atoms with Crippen LogP contribution in [0.25, 0.3) is 0 Å². The van der Waals surface area contributed by atoms with Gasteiger partial charge in [-0.2, -0.15) is 0 Å². The van der Waals surface area contributed by atoms with Gasteiger partial charge in [-0.25, -0.2) is 0 Å². The molecule has 0 heterocycles. The van der Waals surface area contributed by atoms with Crippen molar-refractivity contribution < 1.29 is 0 Å². The van der Waals surface area contributed by atoms with E-state index in [1.807, 2.05) is 0 Å². The smallest absolute Gasteiger partial charge is 0.0652 e. The van der Waals surface area contributed by atoms with Crippen LogP contribution in [-0.4, -0.2) is 12.3 Å². The van der Waals surface area contributed by atoms with Crippen LogP contribution in [0.1, 0.15) is 12.8 Å². The molecule has 0 aromatic carbocycles. The van der Waals surface area contributed by atoms with Crippen molar-refractivity contribution >= 4 is 6.21 Å². The highest BCUT2D eigenvalue weighted by atomic mass is 14.9. The maximum absolute atomic E-state index is 6.72. The number of nitrogens with one attached hydrogen (secondary N) is 2. The number of hydrogen-bond acceptors (Lipinski definition) is 3. The van der Waals surface area contributed by atoms with E-state index in [1.54, 1.807) is 6.20 Å². The Balaban J connectivity index is 2.19. The van der Waals surface area contributed by atoms with Crippen molar-refractivity contribution in [3.8, 4) is 0 Å². The summed E-state index contributed by atoms with van der Waals surface area (Å²) < 4.78 is 0. The molecule has 3 heteroatoms. The molecule has 0 spiro atoms. The van der Waals surface area contributed by atoms with Crippen LogP contribution in [0.2, 0.25) is 0 Å². The van der Waals surface area contributed by atoms with Gasteiger partial charge in [-0.1, -0.05) is 0 Å². The van der Waals surface area contributed by atoms with Gasteiger partial charge < -0.3 is 16.5 Å². The Morgan fingerprint density at radius 3 is 2.78 bits per heavy atom. The minimum Gasteiger partial charge on any atom is -0.396 e. The van der Waals surface area contributed by atoms with Crippen LogP contribution in [0.3, 0.4) is 0 Å². The van der Waals surface area contributed by atoms with E-state index < -0.39 is 0 Å². The normalized spacial score (nSPS) is 19.3. The highest BCUT2D eigenvalue weighted by Gasteiger charge is 2.18. The zero-order valence-electron chi connectivity index (χ0n) is 5.22. The van der Waals surface area contributed by atoms with E-state index in [0.29, 0.717) is 11.7 Å². The number of rotatable bonds is 3. The van der Waals surface area contributed by atoms with Gasteiger partial charge in [-0.05, 0) is 12.8 Å². The van der Waals surface area contributed by atoms with E-state index in [1.165, 1.54) is 12.8 Å². The first-order chi connectivity index (χ1) is 4.33. The summed E-state index contributed by atoms with van der Waals surface area (Å²) in [5.41, 5.74) is 5.79. The topological polar surface area (TPSA) is 61.9 Å². The highest BCUT2D eigenvalue weighted by Crippen LogP contribution is 2.18. The van der Waals surface area contributed by atoms with Gasteiger partial charge in [0.1, 0.15) is 0 Å². The van der Waals surface area contributed by atoms with Crippen LogP contribution >= 0.6 is 0 Å². The second kappa shape index (κ2) is 2.53. The lowest BCUT2D eigenvalue weighted by Gasteiger charge is -1.94. The van der Waals surface area contributed by atoms with Crippen molar-refractivity contribution in [3.63, 3.8) is 0 Å². The molecule has 3 nitrogen and oxygen atoms in total. The molecule has 0 radical (unpaired) electrons. The van der Waals surface area contributed by atoms with Crippen LogP contribution in [-0.2, 0) is 0 Å². The summed E-state index contributed by atoms with van der Waals surface area (Å²) in [6.45, 7) is 0. The molecule has 0 atom stereocenters. The molecule has 0 aromatic rings. The first-order valence-electron chi connectivity index (χ1n) is 3.05. The largest absolute Gasteiger partial charge is 0.396 e. The summed E-state index contributed by atoms with van der Waals surface area (Å²) in [6.07, 6.45) is 5.30. The first kappa shape index (κ1) is 6.13. The lowest BCUT2D eigenvalue weighted by Crippen LogP contribution is -2.11. The van der Waals surface area contributed by atoms with Gasteiger partial charge in [0.25, 0.3) is 0 Å². The van der Waals surface area contributed by atoms with Gasteiger partial charge in [0, 0.05) is 18.5 Å². The Bertz CT molecular complexity index is 135. The van der Waals surface area contributed by atoms with Gasteiger partial charge in [0.2, 0.25) is 0 Å². The van der Waals surface area contributed by atoms with Crippen molar-refractivity contribution in [2.75, 3.05) is 0 Å². The average Bonchev–Trinajstić information content (AvgIpc) is 2.65. The second-order valence-corrected chi connectivity index (χ2v) is 2.23. The SMILES string of the molecule is N=C/C(N)=C\NC1CC1. The summed E-state index contributed by atoms with van der Waals surface area (Å²) >= 11 is 0. The van der Waals surface area contributed by atoms with Gasteiger partial charge in [0.15, 0.2) is 0 Å². The third-order valence-electron chi connectivity index (χ3n) is 1.23. The number of allylic oxidation sites excluding steroid dienone is 1. The van der Waals surface area contributed by atoms with Crippen LogP contribution in [0.5, 0.6) is 0 Å². The molecule has 9 heavy (non-hydrogen) atoms. The molecule has 1 aliphatic rings. The fraction of sp³-hybridized carbons (Fsp3) is 0.500. The fourth-order valence-corrected chi connectivity index (χ4v) is 0.506. The van der Waals surface area contributed by atoms with Crippen LogP contribution < -0.4 is 11.1 Å². The molecule has 50 valence electrons. The maximum Gasteiger partial charge on any atom is 0.0652 e. The molecular weight excluding hydrogens is 114 g/mol. The number of nitrogens with two attached hydrogens (primary N) is 1. The van der Waals surface area contributed by atoms with Gasteiger partial charge in [-0.3, -0.25) is 0 Å². The molecule has 0 aromatic heterocycles. The van der Waals surface area contributed by atoms with Gasteiger partial charge in [-0.15, -0.1) is 0 Å². The predicted molar refractivity (Wildman–Crippen MR) is 37.2 cm³/mol. The Hall–Kier alpha value is -0.990. The van der Waals surface area contributed by atoms with Crippen molar-refractivity contribution in [2.24, 2.45) is 5.73 Å². The summed E-state index contributed by atoms with van der Waals surface area (Å²) in [6, 6.07) is 0.628. The van der Waals surface area contributed by atoms with Crippen LogP contribution in [0.4, 0.5) is 0 Å². The van der Waals surface area contributed by atoms with E-state index in [-0.39, 0.29) is 0 Å². The zero-order valence-corrected chi connectivity index (χ0v) is 5.22. The third-order valence-corrected chi connectivity index (χ3v) is 1.23. The van der Waals surface area contributed by atoms with Crippen LogP contribution in [0, 0.1) is 5.41 Å². The third kappa shape index (κ3) is 2.17. The average molecular weight is 125 g/mol. The van der Waals surface area contributed by atoms with Crippen molar-refractivity contribution in [3.05, 3.63) is 11.9 Å². The molecular formula is C6H11N3. The highest BCUT2D eigenvalue weighted by molar-refractivity contribution is 5.73. The quantitative estimate of drug-likeness (QED) is 0.471. The predicted octanol–water partition coefficient (Wildman–Crippen LogP) is 0.188. The summed E-state index contributed by atoms with van der Waals surface area (Å²) in [5.74, 6) is 0. The lowest BCUT2D eigenvalue weighted by atomic mass is 10.5. The van der Waals surface area contributed by atoms with E-state index in [9.17, 15) is 0 Å². The molecule has 0 unspecified atom stereocenters. The lowest BCUT2D eigenvalue weighted by molar-refractivity contribution is 0.857. The zero-order chi connectivity index (χ0) is 6.69. The molecule has 1 aliphatic carbocycles. The molecule has 1 fully saturated rings. The monoisotopic (exact) mass is 125 g/mol.